The predicted molar refractivity (Wildman–Crippen MR) is 113 cm³/mol. The number of carbonyl (C=O) groups is 3. The Bertz CT molecular complexity index is 869. The van der Waals surface area contributed by atoms with Crippen LogP contribution in [0.5, 0.6) is 5.75 Å². The zero-order chi connectivity index (χ0) is 23.0. The number of aromatic amines is 1. The van der Waals surface area contributed by atoms with Crippen molar-refractivity contribution >= 4 is 17.8 Å². The lowest BCUT2D eigenvalue weighted by molar-refractivity contribution is -0.142. The molecular formula is C21H29N5O5. The van der Waals surface area contributed by atoms with Gasteiger partial charge >= 0.3 is 5.97 Å². The molecule has 2 rings (SSSR count). The quantitative estimate of drug-likeness (QED) is 0.298. The number of H-pyrrole nitrogens is 1. The molecular weight excluding hydrogens is 402 g/mol. The number of aliphatic carboxylic acids is 1. The maximum absolute atomic E-state index is 12.9. The van der Waals surface area contributed by atoms with Gasteiger partial charge in [0, 0.05) is 24.7 Å². The number of phenolic OH excluding ortho intramolecular Hbond substituents is 1. The molecule has 4 atom stereocenters. The molecule has 1 heterocycles. The molecule has 0 aliphatic rings. The molecule has 10 heteroatoms. The molecule has 0 unspecified atom stereocenters. The van der Waals surface area contributed by atoms with Gasteiger partial charge in [0.25, 0.3) is 0 Å². The summed E-state index contributed by atoms with van der Waals surface area (Å²) >= 11 is 0. The Morgan fingerprint density at radius 2 is 1.74 bits per heavy atom. The summed E-state index contributed by atoms with van der Waals surface area (Å²) in [7, 11) is 0. The number of nitrogens with zero attached hydrogens (tertiary/aromatic N) is 1. The Balaban J connectivity index is 2.14. The highest BCUT2D eigenvalue weighted by molar-refractivity contribution is 5.92. The number of hydrogen-bond donors (Lipinski definition) is 6. The van der Waals surface area contributed by atoms with Crippen molar-refractivity contribution in [1.82, 2.24) is 20.6 Å². The lowest BCUT2D eigenvalue weighted by Crippen LogP contribution is -2.56. The average molecular weight is 431 g/mol. The maximum Gasteiger partial charge on any atom is 0.326 e. The van der Waals surface area contributed by atoms with E-state index in [0.717, 1.165) is 0 Å². The van der Waals surface area contributed by atoms with Gasteiger partial charge in [-0.1, -0.05) is 32.4 Å². The van der Waals surface area contributed by atoms with E-state index in [-0.39, 0.29) is 24.5 Å². The minimum Gasteiger partial charge on any atom is -0.508 e. The van der Waals surface area contributed by atoms with Crippen LogP contribution in [0, 0.1) is 5.92 Å². The van der Waals surface area contributed by atoms with Crippen LogP contribution in [0.4, 0.5) is 0 Å². The lowest BCUT2D eigenvalue weighted by Gasteiger charge is -2.24. The zero-order valence-electron chi connectivity index (χ0n) is 17.5. The molecule has 1 aromatic carbocycles. The first-order chi connectivity index (χ1) is 14.7. The van der Waals surface area contributed by atoms with Crippen LogP contribution in [0.2, 0.25) is 0 Å². The van der Waals surface area contributed by atoms with Gasteiger partial charge in [-0.05, 0) is 23.6 Å². The van der Waals surface area contributed by atoms with Crippen molar-refractivity contribution in [2.45, 2.75) is 51.2 Å². The minimum absolute atomic E-state index is 0.0124. The van der Waals surface area contributed by atoms with Gasteiger partial charge in [-0.2, -0.15) is 0 Å². The molecule has 1 aromatic heterocycles. The Morgan fingerprint density at radius 1 is 1.10 bits per heavy atom. The van der Waals surface area contributed by atoms with Crippen LogP contribution >= 0.6 is 0 Å². The largest absolute Gasteiger partial charge is 0.508 e. The first kappa shape index (κ1) is 23.9. The highest BCUT2D eigenvalue weighted by atomic mass is 16.4. The van der Waals surface area contributed by atoms with Crippen LogP contribution in [-0.4, -0.2) is 56.1 Å². The summed E-state index contributed by atoms with van der Waals surface area (Å²) in [6.45, 7) is 3.75. The molecule has 168 valence electrons. The van der Waals surface area contributed by atoms with E-state index in [1.54, 1.807) is 12.1 Å². The number of nitrogens with one attached hydrogen (secondary N) is 3. The van der Waals surface area contributed by atoms with Crippen molar-refractivity contribution in [2.24, 2.45) is 11.7 Å². The van der Waals surface area contributed by atoms with Crippen LogP contribution in [0.1, 0.15) is 31.5 Å². The second-order valence-electron chi connectivity index (χ2n) is 7.52. The van der Waals surface area contributed by atoms with Gasteiger partial charge in [-0.15, -0.1) is 0 Å². The van der Waals surface area contributed by atoms with E-state index < -0.39 is 35.9 Å². The Morgan fingerprint density at radius 3 is 2.29 bits per heavy atom. The van der Waals surface area contributed by atoms with E-state index in [4.69, 9.17) is 5.73 Å². The summed E-state index contributed by atoms with van der Waals surface area (Å²) in [4.78, 5) is 44.0. The molecule has 0 aliphatic carbocycles. The highest BCUT2D eigenvalue weighted by Crippen LogP contribution is 2.12. The van der Waals surface area contributed by atoms with Crippen LogP contribution < -0.4 is 16.4 Å². The van der Waals surface area contributed by atoms with Crippen molar-refractivity contribution < 1.29 is 24.6 Å². The molecule has 10 nitrogen and oxygen atoms in total. The van der Waals surface area contributed by atoms with E-state index in [2.05, 4.69) is 20.6 Å². The third kappa shape index (κ3) is 7.10. The number of benzene rings is 1. The van der Waals surface area contributed by atoms with Gasteiger partial charge in [0.2, 0.25) is 11.8 Å². The van der Waals surface area contributed by atoms with Gasteiger partial charge in [0.05, 0.1) is 12.4 Å². The van der Waals surface area contributed by atoms with Crippen molar-refractivity contribution in [3.8, 4) is 5.75 Å². The highest BCUT2D eigenvalue weighted by Gasteiger charge is 2.29. The minimum atomic E-state index is -1.22. The molecule has 2 amide bonds. The number of hydrogen-bond acceptors (Lipinski definition) is 6. The lowest BCUT2D eigenvalue weighted by atomic mass is 9.98. The third-order valence-electron chi connectivity index (χ3n) is 5.16. The SMILES string of the molecule is CC[C@H](C)[C@H](N)C(=O)N[C@@H](Cc1cnc[nH]1)C(=O)N[C@@H](Cc1ccc(O)cc1)C(=O)O. The number of imidazole rings is 1. The molecule has 31 heavy (non-hydrogen) atoms. The zero-order valence-corrected chi connectivity index (χ0v) is 17.5. The van der Waals surface area contributed by atoms with Crippen LogP contribution in [0.25, 0.3) is 0 Å². The first-order valence-corrected chi connectivity index (χ1v) is 10.1. The summed E-state index contributed by atoms with van der Waals surface area (Å²) < 4.78 is 0. The number of aromatic hydroxyl groups is 1. The molecule has 0 saturated heterocycles. The summed E-state index contributed by atoms with van der Waals surface area (Å²) in [6.07, 6.45) is 3.77. The third-order valence-corrected chi connectivity index (χ3v) is 5.16. The Labute approximate surface area is 180 Å². The second-order valence-corrected chi connectivity index (χ2v) is 7.52. The van der Waals surface area contributed by atoms with Crippen molar-refractivity contribution in [2.75, 3.05) is 0 Å². The maximum atomic E-state index is 12.9. The van der Waals surface area contributed by atoms with Crippen LogP contribution in [0.3, 0.4) is 0 Å². The molecule has 0 radical (unpaired) electrons. The molecule has 2 aromatic rings. The normalized spacial score (nSPS) is 14.8. The molecule has 0 saturated carbocycles. The van der Waals surface area contributed by atoms with E-state index in [1.165, 1.54) is 24.7 Å². The van der Waals surface area contributed by atoms with Gasteiger partial charge in [0.15, 0.2) is 0 Å². The van der Waals surface area contributed by atoms with Gasteiger partial charge in [0.1, 0.15) is 17.8 Å². The number of carboxylic acids is 1. The summed E-state index contributed by atoms with van der Waals surface area (Å²) in [6, 6.07) is 2.97. The fraction of sp³-hybridized carbons (Fsp3) is 0.429. The van der Waals surface area contributed by atoms with Gasteiger partial charge in [-0.25, -0.2) is 9.78 Å². The number of rotatable bonds is 11. The smallest absolute Gasteiger partial charge is 0.326 e. The van der Waals surface area contributed by atoms with E-state index in [0.29, 0.717) is 17.7 Å². The standard InChI is InChI=1S/C21H29N5O5/c1-3-12(2)18(22)20(29)25-16(9-14-10-23-11-24-14)19(28)26-17(21(30)31)8-13-4-6-15(27)7-5-13/h4-7,10-12,16-18,27H,3,8-9,22H2,1-2H3,(H,23,24)(H,25,29)(H,26,28)(H,30,31)/t12-,16-,17-,18-/m0/s1. The van der Waals surface area contributed by atoms with Crippen molar-refractivity contribution in [3.63, 3.8) is 0 Å². The second kappa shape index (κ2) is 11.1. The van der Waals surface area contributed by atoms with Crippen LogP contribution in [-0.2, 0) is 27.2 Å². The van der Waals surface area contributed by atoms with Crippen LogP contribution in [0.15, 0.2) is 36.8 Å². The molecule has 0 aliphatic heterocycles. The van der Waals surface area contributed by atoms with E-state index >= 15 is 0 Å². The van der Waals surface area contributed by atoms with E-state index in [9.17, 15) is 24.6 Å². The van der Waals surface area contributed by atoms with Crippen molar-refractivity contribution in [1.29, 1.82) is 0 Å². The van der Waals surface area contributed by atoms with Crippen molar-refractivity contribution in [3.05, 3.63) is 48.0 Å². The number of carbonyl (C=O) groups excluding carboxylic acids is 2. The topological polar surface area (TPSA) is 170 Å². The number of phenols is 1. The van der Waals surface area contributed by atoms with E-state index in [1.807, 2.05) is 13.8 Å². The Kier molecular flexibility index (Phi) is 8.56. The molecule has 0 spiro atoms. The summed E-state index contributed by atoms with van der Waals surface area (Å²) in [5, 5.41) is 24.1. The fourth-order valence-corrected chi connectivity index (χ4v) is 2.95. The summed E-state index contributed by atoms with van der Waals surface area (Å²) in [5.74, 6) is -2.38. The predicted octanol–water partition coefficient (Wildman–Crippen LogP) is 0.328. The number of aromatic nitrogens is 2. The number of carboxylic acid groups (broad SMARTS) is 1. The fourth-order valence-electron chi connectivity index (χ4n) is 2.95. The van der Waals surface area contributed by atoms with Gasteiger partial charge in [-0.3, -0.25) is 9.59 Å². The monoisotopic (exact) mass is 431 g/mol. The first-order valence-electron chi connectivity index (χ1n) is 10.1. The number of nitrogens with two attached hydrogens (primary N) is 1. The average Bonchev–Trinajstić information content (AvgIpc) is 3.26. The number of amides is 2. The Hall–Kier alpha value is -3.40. The molecule has 0 fully saturated rings. The molecule has 0 bridgehead atoms. The molecule has 7 N–H and O–H groups in total. The summed E-state index contributed by atoms with van der Waals surface area (Å²) in [5.41, 5.74) is 7.20. The van der Waals surface area contributed by atoms with Gasteiger partial charge < -0.3 is 31.6 Å².